The van der Waals surface area contributed by atoms with Crippen molar-refractivity contribution in [3.05, 3.63) is 33.9 Å². The van der Waals surface area contributed by atoms with Gasteiger partial charge < -0.3 is 20.3 Å². The molecule has 1 aromatic rings. The second-order valence-electron chi connectivity index (χ2n) is 4.45. The lowest BCUT2D eigenvalue weighted by Crippen LogP contribution is -2.51. The molecule has 0 aliphatic rings. The Kier molecular flexibility index (Phi) is 5.00. The van der Waals surface area contributed by atoms with E-state index in [1.54, 1.807) is 0 Å². The van der Waals surface area contributed by atoms with Gasteiger partial charge >= 0.3 is 5.69 Å². The summed E-state index contributed by atoms with van der Waals surface area (Å²) in [5.41, 5.74) is -1.61. The van der Waals surface area contributed by atoms with Crippen LogP contribution < -0.4 is 10.1 Å². The highest BCUT2D eigenvalue weighted by Crippen LogP contribution is 2.30. The van der Waals surface area contributed by atoms with Gasteiger partial charge in [0.25, 0.3) is 5.91 Å². The van der Waals surface area contributed by atoms with Gasteiger partial charge in [-0.15, -0.1) is 0 Å². The summed E-state index contributed by atoms with van der Waals surface area (Å²) in [5, 5.41) is 31.5. The lowest BCUT2D eigenvalue weighted by Gasteiger charge is -2.26. The minimum atomic E-state index is -1.23. The number of amides is 1. The van der Waals surface area contributed by atoms with Crippen LogP contribution in [0.25, 0.3) is 0 Å². The van der Waals surface area contributed by atoms with E-state index in [-0.39, 0.29) is 17.0 Å². The van der Waals surface area contributed by atoms with Crippen molar-refractivity contribution in [1.29, 1.82) is 0 Å². The van der Waals surface area contributed by atoms with Crippen LogP contribution >= 0.6 is 0 Å². The second kappa shape index (κ2) is 6.31. The molecule has 0 unspecified atom stereocenters. The smallest absolute Gasteiger partial charge is 0.311 e. The summed E-state index contributed by atoms with van der Waals surface area (Å²) >= 11 is 0. The Morgan fingerprint density at radius 3 is 2.50 bits per heavy atom. The van der Waals surface area contributed by atoms with E-state index in [0.29, 0.717) is 0 Å². The van der Waals surface area contributed by atoms with Crippen LogP contribution in [-0.4, -0.2) is 46.9 Å². The summed E-state index contributed by atoms with van der Waals surface area (Å²) in [6.07, 6.45) is 0. The first kappa shape index (κ1) is 15.9. The maximum atomic E-state index is 12.1. The number of carbonyl (C=O) groups is 1. The highest BCUT2D eigenvalue weighted by Gasteiger charge is 2.28. The number of carbonyl (C=O) groups excluding carboxylic acids is 1. The van der Waals surface area contributed by atoms with E-state index in [1.165, 1.54) is 32.2 Å². The molecule has 1 rings (SSSR count). The molecule has 0 fully saturated rings. The number of aliphatic hydroxyl groups is 2. The summed E-state index contributed by atoms with van der Waals surface area (Å²) in [4.78, 5) is 22.3. The third kappa shape index (κ3) is 3.22. The number of nitro benzene ring substituents is 1. The van der Waals surface area contributed by atoms with Crippen LogP contribution in [-0.2, 0) is 0 Å². The summed E-state index contributed by atoms with van der Waals surface area (Å²) in [7, 11) is 1.22. The number of ether oxygens (including phenoxy) is 1. The molecule has 0 heterocycles. The minimum Gasteiger partial charge on any atom is -0.490 e. The van der Waals surface area contributed by atoms with E-state index in [1.807, 2.05) is 0 Å². The van der Waals surface area contributed by atoms with Crippen LogP contribution in [0.1, 0.15) is 17.3 Å². The Morgan fingerprint density at radius 2 is 2.05 bits per heavy atom. The van der Waals surface area contributed by atoms with Gasteiger partial charge in [0, 0.05) is 6.07 Å². The summed E-state index contributed by atoms with van der Waals surface area (Å²) < 4.78 is 4.91. The number of rotatable bonds is 6. The lowest BCUT2D eigenvalue weighted by atomic mass is 10.0. The molecule has 0 aliphatic heterocycles. The zero-order valence-electron chi connectivity index (χ0n) is 11.1. The predicted octanol–water partition coefficient (Wildman–Crippen LogP) is 0.0765. The van der Waals surface area contributed by atoms with Crippen LogP contribution in [0.15, 0.2) is 18.2 Å². The van der Waals surface area contributed by atoms with E-state index >= 15 is 0 Å². The molecule has 1 aromatic carbocycles. The Labute approximate surface area is 115 Å². The standard InChI is InChI=1S/C12H16N2O6/c1-12(6-15,7-16)13-11(17)8-4-3-5-9(14(18)19)10(8)20-2/h3-5,15-16H,6-7H2,1-2H3,(H,13,17). The van der Waals surface area contributed by atoms with Gasteiger partial charge in [0.1, 0.15) is 0 Å². The van der Waals surface area contributed by atoms with Gasteiger partial charge in [-0.25, -0.2) is 0 Å². The van der Waals surface area contributed by atoms with E-state index in [9.17, 15) is 14.9 Å². The predicted molar refractivity (Wildman–Crippen MR) is 69.7 cm³/mol. The molecule has 0 saturated heterocycles. The summed E-state index contributed by atoms with van der Waals surface area (Å²) in [6.45, 7) is 0.480. The van der Waals surface area contributed by atoms with Gasteiger partial charge in [-0.05, 0) is 13.0 Å². The number of para-hydroxylation sites is 1. The fourth-order valence-electron chi connectivity index (χ4n) is 1.53. The van der Waals surface area contributed by atoms with Crippen molar-refractivity contribution in [1.82, 2.24) is 5.32 Å². The third-order valence-corrected chi connectivity index (χ3v) is 2.75. The zero-order valence-corrected chi connectivity index (χ0v) is 11.1. The quantitative estimate of drug-likeness (QED) is 0.502. The molecule has 0 bridgehead atoms. The van der Waals surface area contributed by atoms with E-state index in [2.05, 4.69) is 5.32 Å². The van der Waals surface area contributed by atoms with Gasteiger partial charge in [0.2, 0.25) is 5.75 Å². The first-order valence-corrected chi connectivity index (χ1v) is 5.74. The molecule has 0 radical (unpaired) electrons. The van der Waals surface area contributed by atoms with Gasteiger partial charge in [-0.2, -0.15) is 0 Å². The molecule has 0 saturated carbocycles. The summed E-state index contributed by atoms with van der Waals surface area (Å²) in [5.74, 6) is -0.857. The van der Waals surface area contributed by atoms with Gasteiger partial charge in [-0.3, -0.25) is 14.9 Å². The number of benzene rings is 1. The summed E-state index contributed by atoms with van der Waals surface area (Å²) in [6, 6.07) is 3.92. The van der Waals surface area contributed by atoms with Crippen LogP contribution in [0.2, 0.25) is 0 Å². The first-order chi connectivity index (χ1) is 9.38. The van der Waals surface area contributed by atoms with Crippen molar-refractivity contribution in [2.24, 2.45) is 0 Å². The molecule has 20 heavy (non-hydrogen) atoms. The zero-order chi connectivity index (χ0) is 15.3. The number of hydrogen-bond acceptors (Lipinski definition) is 6. The average molecular weight is 284 g/mol. The van der Waals surface area contributed by atoms with Crippen molar-refractivity contribution in [2.75, 3.05) is 20.3 Å². The minimum absolute atomic E-state index is 0.0465. The second-order valence-corrected chi connectivity index (χ2v) is 4.45. The Hall–Kier alpha value is -2.19. The maximum absolute atomic E-state index is 12.1. The topological polar surface area (TPSA) is 122 Å². The molecule has 110 valence electrons. The number of hydrogen-bond donors (Lipinski definition) is 3. The van der Waals surface area contributed by atoms with Gasteiger partial charge in [-0.1, -0.05) is 6.07 Å². The van der Waals surface area contributed by atoms with Crippen LogP contribution in [0.4, 0.5) is 5.69 Å². The molecule has 1 amide bonds. The fraction of sp³-hybridized carbons (Fsp3) is 0.417. The molecule has 0 atom stereocenters. The highest BCUT2D eigenvalue weighted by atomic mass is 16.6. The largest absolute Gasteiger partial charge is 0.490 e. The monoisotopic (exact) mass is 284 g/mol. The Morgan fingerprint density at radius 1 is 1.45 bits per heavy atom. The van der Waals surface area contributed by atoms with Crippen molar-refractivity contribution in [2.45, 2.75) is 12.5 Å². The van der Waals surface area contributed by atoms with Crippen molar-refractivity contribution in [3.63, 3.8) is 0 Å². The molecule has 8 nitrogen and oxygen atoms in total. The maximum Gasteiger partial charge on any atom is 0.311 e. The van der Waals surface area contributed by atoms with Crippen molar-refractivity contribution in [3.8, 4) is 5.75 Å². The lowest BCUT2D eigenvalue weighted by molar-refractivity contribution is -0.385. The fourth-order valence-corrected chi connectivity index (χ4v) is 1.53. The molecule has 0 spiro atoms. The molecular weight excluding hydrogens is 268 g/mol. The highest BCUT2D eigenvalue weighted by molar-refractivity contribution is 5.98. The number of nitrogens with one attached hydrogen (secondary N) is 1. The molecule has 3 N–H and O–H groups in total. The van der Waals surface area contributed by atoms with Crippen LogP contribution in [0, 0.1) is 10.1 Å². The van der Waals surface area contributed by atoms with Gasteiger partial charge in [0.15, 0.2) is 0 Å². The molecule has 0 aliphatic carbocycles. The number of methoxy groups -OCH3 is 1. The normalized spacial score (nSPS) is 11.0. The molecular formula is C12H16N2O6. The van der Waals surface area contributed by atoms with E-state index < -0.39 is 29.6 Å². The number of aliphatic hydroxyl groups excluding tert-OH is 2. The Bertz CT molecular complexity index is 513. The average Bonchev–Trinajstić information content (AvgIpc) is 2.45. The first-order valence-electron chi connectivity index (χ1n) is 5.74. The number of nitro groups is 1. The van der Waals surface area contributed by atoms with Crippen LogP contribution in [0.3, 0.4) is 0 Å². The molecule has 8 heteroatoms. The van der Waals surface area contributed by atoms with Crippen molar-refractivity contribution >= 4 is 11.6 Å². The van der Waals surface area contributed by atoms with Crippen LogP contribution in [0.5, 0.6) is 5.75 Å². The SMILES string of the molecule is COc1c(C(=O)NC(C)(CO)CO)cccc1[N+](=O)[O-]. The van der Waals surface area contributed by atoms with E-state index in [0.717, 1.165) is 0 Å². The van der Waals surface area contributed by atoms with E-state index in [4.69, 9.17) is 14.9 Å². The van der Waals surface area contributed by atoms with Crippen molar-refractivity contribution < 1.29 is 24.7 Å². The third-order valence-electron chi connectivity index (χ3n) is 2.75. The molecule has 0 aromatic heterocycles. The number of nitrogens with zero attached hydrogens (tertiary/aromatic N) is 1. The Balaban J connectivity index is 3.17. The van der Waals surface area contributed by atoms with Gasteiger partial charge in [0.05, 0.1) is 36.3 Å².